The number of nitrogens with one attached hydrogen (secondary N) is 1. The predicted octanol–water partition coefficient (Wildman–Crippen LogP) is 1.78. The molecule has 0 spiro atoms. The van der Waals surface area contributed by atoms with E-state index in [0.29, 0.717) is 26.7 Å². The van der Waals surface area contributed by atoms with Gasteiger partial charge in [-0.25, -0.2) is 8.42 Å². The lowest BCUT2D eigenvalue weighted by molar-refractivity contribution is -0.114. The number of anilines is 2. The highest BCUT2D eigenvalue weighted by Crippen LogP contribution is 2.36. The van der Waals surface area contributed by atoms with Crippen LogP contribution in [0.3, 0.4) is 0 Å². The molecule has 12 heteroatoms. The van der Waals surface area contributed by atoms with Crippen LogP contribution in [0.5, 0.6) is 11.5 Å². The summed E-state index contributed by atoms with van der Waals surface area (Å²) in [5.41, 5.74) is 0.327. The van der Waals surface area contributed by atoms with Crippen molar-refractivity contribution >= 4 is 49.8 Å². The standard InChI is InChI=1S/C14H16N4O5S3/c1-3-26(20,21)18(9-4-5-10-11(6-9)23-8-22-10)7-12(19)15-13-16-17-14(24-2)25-13/h4-6H,3,7-8H2,1-2H3,(H,15,16,19). The number of fused-ring (bicyclic) bond motifs is 1. The number of hydrogen-bond acceptors (Lipinski definition) is 9. The van der Waals surface area contributed by atoms with E-state index in [9.17, 15) is 13.2 Å². The van der Waals surface area contributed by atoms with E-state index in [-0.39, 0.29) is 19.1 Å². The number of rotatable bonds is 7. The van der Waals surface area contributed by atoms with Crippen molar-refractivity contribution in [3.05, 3.63) is 18.2 Å². The number of carbonyl (C=O) groups excluding carboxylic acids is 1. The molecule has 1 aliphatic rings. The number of carbonyl (C=O) groups is 1. The molecule has 0 saturated heterocycles. The molecule has 0 saturated carbocycles. The number of ether oxygens (including phenoxy) is 2. The van der Waals surface area contributed by atoms with Gasteiger partial charge in [0.15, 0.2) is 15.8 Å². The Morgan fingerprint density at radius 1 is 1.35 bits per heavy atom. The van der Waals surface area contributed by atoms with Gasteiger partial charge < -0.3 is 9.47 Å². The molecule has 1 N–H and O–H groups in total. The maximum atomic E-state index is 12.5. The van der Waals surface area contributed by atoms with Gasteiger partial charge in [0, 0.05) is 6.07 Å². The second-order valence-electron chi connectivity index (χ2n) is 5.07. The van der Waals surface area contributed by atoms with Crippen molar-refractivity contribution in [1.82, 2.24) is 10.2 Å². The van der Waals surface area contributed by atoms with Gasteiger partial charge in [0.05, 0.1) is 11.4 Å². The van der Waals surface area contributed by atoms with Crippen molar-refractivity contribution in [1.29, 1.82) is 0 Å². The first-order chi connectivity index (χ1) is 12.4. The summed E-state index contributed by atoms with van der Waals surface area (Å²) in [5.74, 6) is 0.311. The average Bonchev–Trinajstić information content (AvgIpc) is 3.27. The number of thioether (sulfide) groups is 1. The molecule has 0 bridgehead atoms. The molecular weight excluding hydrogens is 400 g/mol. The van der Waals surface area contributed by atoms with E-state index in [0.717, 1.165) is 4.31 Å². The molecule has 3 rings (SSSR count). The Kier molecular flexibility index (Phi) is 5.53. The monoisotopic (exact) mass is 416 g/mol. The number of aromatic nitrogens is 2. The van der Waals surface area contributed by atoms with Gasteiger partial charge >= 0.3 is 0 Å². The highest BCUT2D eigenvalue weighted by atomic mass is 32.2. The second kappa shape index (κ2) is 7.68. The fourth-order valence-corrected chi connectivity index (χ4v) is 4.42. The van der Waals surface area contributed by atoms with Crippen LogP contribution in [0.1, 0.15) is 6.92 Å². The lowest BCUT2D eigenvalue weighted by Gasteiger charge is -2.23. The Balaban J connectivity index is 1.81. The molecule has 0 unspecified atom stereocenters. The highest BCUT2D eigenvalue weighted by Gasteiger charge is 2.26. The van der Waals surface area contributed by atoms with Crippen molar-refractivity contribution in [2.45, 2.75) is 11.3 Å². The largest absolute Gasteiger partial charge is 0.454 e. The lowest BCUT2D eigenvalue weighted by Crippen LogP contribution is -2.39. The van der Waals surface area contributed by atoms with Crippen LogP contribution in [0.25, 0.3) is 0 Å². The molecule has 1 aromatic carbocycles. The molecule has 1 aliphatic heterocycles. The Morgan fingerprint density at radius 3 is 2.81 bits per heavy atom. The minimum Gasteiger partial charge on any atom is -0.454 e. The van der Waals surface area contributed by atoms with Crippen molar-refractivity contribution in [3.63, 3.8) is 0 Å². The van der Waals surface area contributed by atoms with Gasteiger partial charge in [-0.3, -0.25) is 14.4 Å². The molecule has 2 heterocycles. The summed E-state index contributed by atoms with van der Waals surface area (Å²) >= 11 is 2.63. The van der Waals surface area contributed by atoms with Crippen LogP contribution in [0, 0.1) is 0 Å². The van der Waals surface area contributed by atoms with Gasteiger partial charge in [-0.05, 0) is 25.3 Å². The normalized spacial score (nSPS) is 12.8. The Bertz CT molecular complexity index is 915. The Labute approximate surface area is 158 Å². The van der Waals surface area contributed by atoms with Gasteiger partial charge in [0.25, 0.3) is 0 Å². The van der Waals surface area contributed by atoms with E-state index in [1.54, 1.807) is 18.2 Å². The molecule has 9 nitrogen and oxygen atoms in total. The van der Waals surface area contributed by atoms with Gasteiger partial charge in [0.2, 0.25) is 27.9 Å². The van der Waals surface area contributed by atoms with Crippen LogP contribution >= 0.6 is 23.1 Å². The van der Waals surface area contributed by atoms with Crippen molar-refractivity contribution in [2.75, 3.05) is 35.0 Å². The third-order valence-electron chi connectivity index (χ3n) is 3.46. The minimum absolute atomic E-state index is 0.0780. The zero-order valence-corrected chi connectivity index (χ0v) is 16.4. The molecule has 1 aromatic heterocycles. The molecule has 26 heavy (non-hydrogen) atoms. The minimum atomic E-state index is -3.68. The third-order valence-corrected chi connectivity index (χ3v) is 7.01. The molecule has 0 atom stereocenters. The predicted molar refractivity (Wildman–Crippen MR) is 99.7 cm³/mol. The number of amides is 1. The summed E-state index contributed by atoms with van der Waals surface area (Å²) in [6, 6.07) is 4.73. The van der Waals surface area contributed by atoms with E-state index in [4.69, 9.17) is 9.47 Å². The van der Waals surface area contributed by atoms with E-state index in [1.165, 1.54) is 30.0 Å². The summed E-state index contributed by atoms with van der Waals surface area (Å²) in [6.45, 7) is 1.21. The number of nitrogens with zero attached hydrogens (tertiary/aromatic N) is 3. The molecule has 0 fully saturated rings. The van der Waals surface area contributed by atoms with Gasteiger partial charge in [-0.15, -0.1) is 10.2 Å². The van der Waals surface area contributed by atoms with Crippen LogP contribution in [0.15, 0.2) is 22.5 Å². The maximum Gasteiger partial charge on any atom is 0.246 e. The number of sulfonamides is 1. The van der Waals surface area contributed by atoms with Gasteiger partial charge in [0.1, 0.15) is 6.54 Å². The van der Waals surface area contributed by atoms with Crippen LogP contribution in [0.4, 0.5) is 10.8 Å². The van der Waals surface area contributed by atoms with Crippen LogP contribution in [-0.4, -0.2) is 49.9 Å². The molecule has 2 aromatic rings. The zero-order valence-electron chi connectivity index (χ0n) is 14.0. The Hall–Kier alpha value is -2.05. The van der Waals surface area contributed by atoms with Gasteiger partial charge in [-0.2, -0.15) is 0 Å². The van der Waals surface area contributed by atoms with Crippen molar-refractivity contribution in [3.8, 4) is 11.5 Å². The third kappa shape index (κ3) is 4.02. The first-order valence-corrected chi connectivity index (χ1v) is 11.2. The summed E-state index contributed by atoms with van der Waals surface area (Å²) < 4.78 is 37.2. The van der Waals surface area contributed by atoms with Crippen LogP contribution in [-0.2, 0) is 14.8 Å². The van der Waals surface area contributed by atoms with Crippen LogP contribution < -0.4 is 19.1 Å². The quantitative estimate of drug-likeness (QED) is 0.537. The molecular formula is C14H16N4O5S3. The van der Waals surface area contributed by atoms with Gasteiger partial charge in [-0.1, -0.05) is 23.1 Å². The number of benzene rings is 1. The lowest BCUT2D eigenvalue weighted by atomic mass is 10.3. The molecule has 0 aliphatic carbocycles. The topological polar surface area (TPSA) is 111 Å². The summed E-state index contributed by atoms with van der Waals surface area (Å²) in [6.07, 6.45) is 1.85. The zero-order chi connectivity index (χ0) is 18.7. The smallest absolute Gasteiger partial charge is 0.246 e. The molecule has 1 amide bonds. The first-order valence-electron chi connectivity index (χ1n) is 7.50. The SMILES string of the molecule is CCS(=O)(=O)N(CC(=O)Nc1nnc(SC)s1)c1ccc2c(c1)OCO2. The fraction of sp³-hybridized carbons (Fsp3) is 0.357. The summed E-state index contributed by atoms with van der Waals surface area (Å²) in [4.78, 5) is 12.3. The van der Waals surface area contributed by atoms with Crippen LogP contribution in [0.2, 0.25) is 0 Å². The van der Waals surface area contributed by atoms with E-state index < -0.39 is 15.9 Å². The second-order valence-corrected chi connectivity index (χ2v) is 9.28. The fourth-order valence-electron chi connectivity index (χ4n) is 2.18. The summed E-state index contributed by atoms with van der Waals surface area (Å²) in [7, 11) is -3.68. The molecule has 140 valence electrons. The van der Waals surface area contributed by atoms with Crippen molar-refractivity contribution < 1.29 is 22.7 Å². The maximum absolute atomic E-state index is 12.5. The highest BCUT2D eigenvalue weighted by molar-refractivity contribution is 8.00. The van der Waals surface area contributed by atoms with E-state index in [1.807, 2.05) is 6.26 Å². The van der Waals surface area contributed by atoms with Crippen molar-refractivity contribution in [2.24, 2.45) is 0 Å². The molecule has 0 radical (unpaired) electrons. The summed E-state index contributed by atoms with van der Waals surface area (Å²) in [5, 5.41) is 10.6. The Morgan fingerprint density at radius 2 is 2.12 bits per heavy atom. The average molecular weight is 417 g/mol. The van der Waals surface area contributed by atoms with E-state index in [2.05, 4.69) is 15.5 Å². The first kappa shape index (κ1) is 18.7. The van der Waals surface area contributed by atoms with E-state index >= 15 is 0 Å². The number of hydrogen-bond donors (Lipinski definition) is 1.